The Morgan fingerprint density at radius 1 is 1.00 bits per heavy atom. The third kappa shape index (κ3) is 4.14. The molecule has 0 fully saturated rings. The van der Waals surface area contributed by atoms with Gasteiger partial charge in [-0.25, -0.2) is 4.98 Å². The summed E-state index contributed by atoms with van der Waals surface area (Å²) in [7, 11) is 0. The molecule has 146 valence electrons. The van der Waals surface area contributed by atoms with Gasteiger partial charge in [-0.3, -0.25) is 4.79 Å². The average molecular weight is 425 g/mol. The zero-order chi connectivity index (χ0) is 20.5. The van der Waals surface area contributed by atoms with E-state index in [2.05, 4.69) is 24.1 Å². The highest BCUT2D eigenvalue weighted by Crippen LogP contribution is 2.26. The molecule has 0 aliphatic carbocycles. The number of nitrogens with one attached hydrogen (secondary N) is 1. The molecule has 0 radical (unpaired) electrons. The zero-order valence-electron chi connectivity index (χ0n) is 15.9. The number of oxazole rings is 1. The Labute approximate surface area is 178 Å². The molecule has 0 atom stereocenters. The minimum Gasteiger partial charge on any atom is -0.436 e. The quantitative estimate of drug-likeness (QED) is 0.415. The summed E-state index contributed by atoms with van der Waals surface area (Å²) in [5, 5.41) is 3.68. The molecule has 0 saturated carbocycles. The van der Waals surface area contributed by atoms with E-state index in [0.29, 0.717) is 28.0 Å². The largest absolute Gasteiger partial charge is 0.436 e. The molecule has 0 unspecified atom stereocenters. The van der Waals surface area contributed by atoms with Crippen molar-refractivity contribution in [2.75, 3.05) is 0 Å². The minimum atomic E-state index is -0.250. The molecule has 0 spiro atoms. The topological polar surface area (TPSA) is 55.1 Å². The maximum Gasteiger partial charge on any atom is 0.253 e. The number of fused-ring (bicyclic) bond motifs is 1. The normalized spacial score (nSPS) is 11.0. The lowest BCUT2D eigenvalue weighted by Crippen LogP contribution is -2.23. The highest BCUT2D eigenvalue weighted by atomic mass is 35.5. The highest BCUT2D eigenvalue weighted by molar-refractivity contribution is 6.36. The number of benzene rings is 3. The van der Waals surface area contributed by atoms with Crippen molar-refractivity contribution in [2.45, 2.75) is 20.4 Å². The number of amides is 1. The van der Waals surface area contributed by atoms with Gasteiger partial charge in [-0.05, 0) is 73.0 Å². The smallest absolute Gasteiger partial charge is 0.253 e. The van der Waals surface area contributed by atoms with E-state index in [1.807, 2.05) is 36.4 Å². The van der Waals surface area contributed by atoms with Crippen LogP contribution in [0.3, 0.4) is 0 Å². The summed E-state index contributed by atoms with van der Waals surface area (Å²) in [5.74, 6) is 0.328. The first-order chi connectivity index (χ1) is 13.9. The van der Waals surface area contributed by atoms with Crippen LogP contribution < -0.4 is 5.32 Å². The first-order valence-corrected chi connectivity index (χ1v) is 9.86. The molecule has 3 aromatic carbocycles. The van der Waals surface area contributed by atoms with Crippen molar-refractivity contribution in [3.05, 3.63) is 86.9 Å². The van der Waals surface area contributed by atoms with Crippen molar-refractivity contribution < 1.29 is 9.21 Å². The van der Waals surface area contributed by atoms with Crippen LogP contribution in [0.4, 0.5) is 0 Å². The van der Waals surface area contributed by atoms with Crippen LogP contribution in [-0.4, -0.2) is 10.9 Å². The predicted octanol–water partition coefficient (Wildman–Crippen LogP) is 6.35. The van der Waals surface area contributed by atoms with E-state index in [0.717, 1.165) is 22.2 Å². The summed E-state index contributed by atoms with van der Waals surface area (Å²) in [6, 6.07) is 16.6. The van der Waals surface area contributed by atoms with Crippen LogP contribution in [0.5, 0.6) is 0 Å². The van der Waals surface area contributed by atoms with Crippen LogP contribution in [-0.2, 0) is 6.54 Å². The number of carbonyl (C=O) groups excluding carboxylic acids is 1. The van der Waals surface area contributed by atoms with Crippen molar-refractivity contribution >= 4 is 40.2 Å². The van der Waals surface area contributed by atoms with E-state index < -0.39 is 0 Å². The summed E-state index contributed by atoms with van der Waals surface area (Å²) in [5.41, 5.74) is 6.21. The maximum atomic E-state index is 12.3. The predicted molar refractivity (Wildman–Crippen MR) is 117 cm³/mol. The van der Waals surface area contributed by atoms with Gasteiger partial charge in [0.05, 0.1) is 10.6 Å². The Kier molecular flexibility index (Phi) is 5.31. The molecule has 1 amide bonds. The third-order valence-corrected chi connectivity index (χ3v) is 5.38. The lowest BCUT2D eigenvalue weighted by molar-refractivity contribution is 0.0951. The van der Waals surface area contributed by atoms with Crippen LogP contribution in [0.1, 0.15) is 27.0 Å². The van der Waals surface area contributed by atoms with Crippen molar-refractivity contribution in [1.82, 2.24) is 10.3 Å². The zero-order valence-corrected chi connectivity index (χ0v) is 17.4. The fraction of sp³-hybridized carbons (Fsp3) is 0.130. The Bertz CT molecular complexity index is 1170. The summed E-state index contributed by atoms with van der Waals surface area (Å²) in [6.45, 7) is 4.49. The van der Waals surface area contributed by atoms with E-state index in [4.69, 9.17) is 27.6 Å². The Balaban J connectivity index is 1.47. The van der Waals surface area contributed by atoms with Gasteiger partial charge in [0.25, 0.3) is 5.91 Å². The number of hydrogen-bond acceptors (Lipinski definition) is 3. The van der Waals surface area contributed by atoms with Gasteiger partial charge < -0.3 is 9.73 Å². The number of aromatic nitrogens is 1. The number of aryl methyl sites for hydroxylation is 2. The summed E-state index contributed by atoms with van der Waals surface area (Å²) >= 11 is 12.0. The molecule has 1 heterocycles. The molecule has 1 aromatic heterocycles. The SMILES string of the molecule is Cc1cc2nc(-c3ccc(CNC(=O)c4ccc(Cl)cc4Cl)cc3)oc2cc1C. The first kappa shape index (κ1) is 19.5. The fourth-order valence-corrected chi connectivity index (χ4v) is 3.51. The average Bonchev–Trinajstić information content (AvgIpc) is 3.09. The molecule has 0 aliphatic rings. The van der Waals surface area contributed by atoms with Crippen LogP contribution in [0, 0.1) is 13.8 Å². The second-order valence-corrected chi connectivity index (χ2v) is 7.77. The maximum absolute atomic E-state index is 12.3. The van der Waals surface area contributed by atoms with Gasteiger partial charge in [-0.2, -0.15) is 0 Å². The number of rotatable bonds is 4. The van der Waals surface area contributed by atoms with E-state index in [9.17, 15) is 4.79 Å². The van der Waals surface area contributed by atoms with E-state index in [1.54, 1.807) is 18.2 Å². The monoisotopic (exact) mass is 424 g/mol. The second-order valence-electron chi connectivity index (χ2n) is 6.93. The van der Waals surface area contributed by atoms with E-state index in [-0.39, 0.29) is 5.91 Å². The number of hydrogen-bond donors (Lipinski definition) is 1. The van der Waals surface area contributed by atoms with Crippen LogP contribution in [0.25, 0.3) is 22.6 Å². The van der Waals surface area contributed by atoms with Crippen LogP contribution in [0.2, 0.25) is 10.0 Å². The standard InChI is InChI=1S/C23H18Cl2N2O2/c1-13-9-20-21(10-14(13)2)29-23(27-20)16-5-3-15(4-6-16)12-26-22(28)18-8-7-17(24)11-19(18)25/h3-11H,12H2,1-2H3,(H,26,28). The van der Waals surface area contributed by atoms with E-state index >= 15 is 0 Å². The number of carbonyl (C=O) groups is 1. The molecule has 6 heteroatoms. The van der Waals surface area contributed by atoms with Crippen LogP contribution in [0.15, 0.2) is 59.0 Å². The fourth-order valence-electron chi connectivity index (χ4n) is 3.02. The number of halogens is 2. The summed E-state index contributed by atoms with van der Waals surface area (Å²) in [6.07, 6.45) is 0. The first-order valence-electron chi connectivity index (χ1n) is 9.11. The molecule has 0 bridgehead atoms. The van der Waals surface area contributed by atoms with Crippen LogP contribution >= 0.6 is 23.2 Å². The molecular weight excluding hydrogens is 407 g/mol. The molecule has 0 aliphatic heterocycles. The van der Waals surface area contributed by atoms with E-state index in [1.165, 1.54) is 11.1 Å². The lowest BCUT2D eigenvalue weighted by atomic mass is 10.1. The molecule has 4 aromatic rings. The van der Waals surface area contributed by atoms with Gasteiger partial charge in [0.2, 0.25) is 5.89 Å². The minimum absolute atomic E-state index is 0.250. The van der Waals surface area contributed by atoms with Crippen molar-refractivity contribution in [1.29, 1.82) is 0 Å². The molecule has 4 nitrogen and oxygen atoms in total. The second kappa shape index (κ2) is 7.90. The Morgan fingerprint density at radius 3 is 2.45 bits per heavy atom. The van der Waals surface area contributed by atoms with Gasteiger partial charge in [0, 0.05) is 17.1 Å². The van der Waals surface area contributed by atoms with Gasteiger partial charge in [-0.1, -0.05) is 35.3 Å². The summed E-state index contributed by atoms with van der Waals surface area (Å²) < 4.78 is 5.90. The molecule has 0 saturated heterocycles. The van der Waals surface area contributed by atoms with Gasteiger partial charge in [0.1, 0.15) is 5.52 Å². The molecule has 4 rings (SSSR count). The van der Waals surface area contributed by atoms with Gasteiger partial charge in [0.15, 0.2) is 5.58 Å². The van der Waals surface area contributed by atoms with Gasteiger partial charge in [-0.15, -0.1) is 0 Å². The Hall–Kier alpha value is -2.82. The molecule has 29 heavy (non-hydrogen) atoms. The molecular formula is C23H18Cl2N2O2. The van der Waals surface area contributed by atoms with Crippen molar-refractivity contribution in [2.24, 2.45) is 0 Å². The number of nitrogens with zero attached hydrogens (tertiary/aromatic N) is 1. The van der Waals surface area contributed by atoms with Gasteiger partial charge >= 0.3 is 0 Å². The lowest BCUT2D eigenvalue weighted by Gasteiger charge is -2.07. The third-order valence-electron chi connectivity index (χ3n) is 4.83. The molecule has 1 N–H and O–H groups in total. The Morgan fingerprint density at radius 2 is 1.72 bits per heavy atom. The van der Waals surface area contributed by atoms with Crippen molar-refractivity contribution in [3.8, 4) is 11.5 Å². The highest BCUT2D eigenvalue weighted by Gasteiger charge is 2.12. The van der Waals surface area contributed by atoms with Crippen molar-refractivity contribution in [3.63, 3.8) is 0 Å². The summed E-state index contributed by atoms with van der Waals surface area (Å²) in [4.78, 5) is 16.9.